The van der Waals surface area contributed by atoms with Crippen LogP contribution in [-0.2, 0) is 4.79 Å². The van der Waals surface area contributed by atoms with E-state index in [9.17, 15) is 20.0 Å². The number of aromatic carboxylic acids is 1. The number of piperazine rings is 1. The van der Waals surface area contributed by atoms with Crippen molar-refractivity contribution in [2.45, 2.75) is 20.8 Å². The number of benzene rings is 2. The van der Waals surface area contributed by atoms with Crippen LogP contribution in [0.1, 0.15) is 32.9 Å². The molecule has 1 aliphatic rings. The number of para-hydroxylation sites is 1. The minimum Gasteiger partial charge on any atom is -0.478 e. The average molecular weight is 469 g/mol. The summed E-state index contributed by atoms with van der Waals surface area (Å²) in [6, 6.07) is 19.2. The zero-order valence-corrected chi connectivity index (χ0v) is 20.2. The van der Waals surface area contributed by atoms with Gasteiger partial charge in [-0.25, -0.2) is 4.79 Å². The Balaban J connectivity index is 1.56. The van der Waals surface area contributed by atoms with E-state index in [2.05, 4.69) is 23.1 Å². The molecule has 4 rings (SSSR count). The highest BCUT2D eigenvalue weighted by Crippen LogP contribution is 2.26. The van der Waals surface area contributed by atoms with Crippen LogP contribution in [0, 0.1) is 32.1 Å². The fourth-order valence-corrected chi connectivity index (χ4v) is 4.62. The van der Waals surface area contributed by atoms with Gasteiger partial charge in [-0.2, -0.15) is 5.26 Å². The van der Waals surface area contributed by atoms with Gasteiger partial charge >= 0.3 is 5.97 Å². The van der Waals surface area contributed by atoms with Gasteiger partial charge < -0.3 is 19.5 Å². The molecule has 1 fully saturated rings. The number of amides is 1. The van der Waals surface area contributed by atoms with Crippen LogP contribution < -0.4 is 4.90 Å². The van der Waals surface area contributed by atoms with E-state index >= 15 is 0 Å². The maximum Gasteiger partial charge on any atom is 0.335 e. The third-order valence-electron chi connectivity index (χ3n) is 6.49. The SMILES string of the molecule is Cc1cc(C(=O)O)ccc1-n1c(C)cc(/C=C(/C#N)C(=O)N2CCN(c3ccccc3)CC2)c1C. The summed E-state index contributed by atoms with van der Waals surface area (Å²) in [5.41, 5.74) is 5.77. The van der Waals surface area contributed by atoms with Crippen LogP contribution in [0.3, 0.4) is 0 Å². The topological polar surface area (TPSA) is 89.6 Å². The number of carboxylic acids is 1. The second-order valence-electron chi connectivity index (χ2n) is 8.75. The smallest absolute Gasteiger partial charge is 0.335 e. The van der Waals surface area contributed by atoms with Crippen molar-refractivity contribution in [3.8, 4) is 11.8 Å². The Labute approximate surface area is 205 Å². The van der Waals surface area contributed by atoms with Crippen LogP contribution in [0.5, 0.6) is 0 Å². The molecule has 1 amide bonds. The molecule has 0 bridgehead atoms. The van der Waals surface area contributed by atoms with Gasteiger partial charge in [-0.15, -0.1) is 0 Å². The molecule has 0 atom stereocenters. The quantitative estimate of drug-likeness (QED) is 0.444. The van der Waals surface area contributed by atoms with E-state index in [1.165, 1.54) is 0 Å². The molecular formula is C28H28N4O3. The molecule has 7 nitrogen and oxygen atoms in total. The Kier molecular flexibility index (Phi) is 6.74. The van der Waals surface area contributed by atoms with Crippen LogP contribution in [0.2, 0.25) is 0 Å². The number of hydrogen-bond donors (Lipinski definition) is 1. The van der Waals surface area contributed by atoms with Gasteiger partial charge in [0.15, 0.2) is 0 Å². The van der Waals surface area contributed by atoms with Gasteiger partial charge in [0.05, 0.1) is 5.56 Å². The lowest BCUT2D eigenvalue weighted by Crippen LogP contribution is -2.49. The maximum atomic E-state index is 13.2. The van der Waals surface area contributed by atoms with E-state index < -0.39 is 5.97 Å². The van der Waals surface area contributed by atoms with E-state index in [4.69, 9.17) is 0 Å². The summed E-state index contributed by atoms with van der Waals surface area (Å²) in [5, 5.41) is 19.0. The zero-order valence-electron chi connectivity index (χ0n) is 20.2. The summed E-state index contributed by atoms with van der Waals surface area (Å²) in [7, 11) is 0. The largest absolute Gasteiger partial charge is 0.478 e. The molecular weight excluding hydrogens is 440 g/mol. The van der Waals surface area contributed by atoms with Gasteiger partial charge in [-0.05, 0) is 74.4 Å². The van der Waals surface area contributed by atoms with Gasteiger partial charge in [-0.1, -0.05) is 18.2 Å². The number of anilines is 1. The summed E-state index contributed by atoms with van der Waals surface area (Å²) in [6.45, 7) is 8.30. The van der Waals surface area contributed by atoms with Crippen LogP contribution in [0.15, 0.2) is 60.2 Å². The Morgan fingerprint density at radius 1 is 0.971 bits per heavy atom. The zero-order chi connectivity index (χ0) is 25.1. The molecule has 0 spiro atoms. The summed E-state index contributed by atoms with van der Waals surface area (Å²) < 4.78 is 2.02. The molecule has 1 N–H and O–H groups in total. The predicted molar refractivity (Wildman–Crippen MR) is 136 cm³/mol. The number of carbonyl (C=O) groups is 2. The number of carboxylic acid groups (broad SMARTS) is 1. The molecule has 2 heterocycles. The van der Waals surface area contributed by atoms with Gasteiger partial charge in [0, 0.05) is 48.9 Å². The molecule has 1 saturated heterocycles. The van der Waals surface area contributed by atoms with Gasteiger partial charge in [0.2, 0.25) is 0 Å². The Hall–Kier alpha value is -4.31. The van der Waals surface area contributed by atoms with Gasteiger partial charge in [-0.3, -0.25) is 4.79 Å². The Morgan fingerprint density at radius 3 is 2.26 bits per heavy atom. The second kappa shape index (κ2) is 9.90. The van der Waals surface area contributed by atoms with Crippen molar-refractivity contribution in [1.82, 2.24) is 9.47 Å². The minimum absolute atomic E-state index is 0.108. The second-order valence-corrected chi connectivity index (χ2v) is 8.75. The number of carbonyl (C=O) groups excluding carboxylic acids is 1. The van der Waals surface area contributed by atoms with E-state index in [1.54, 1.807) is 29.2 Å². The van der Waals surface area contributed by atoms with Crippen molar-refractivity contribution in [2.24, 2.45) is 0 Å². The predicted octanol–water partition coefficient (Wildman–Crippen LogP) is 4.36. The van der Waals surface area contributed by atoms with Crippen molar-refractivity contribution in [1.29, 1.82) is 5.26 Å². The first-order valence-corrected chi connectivity index (χ1v) is 11.5. The number of aryl methyl sites for hydroxylation is 2. The third-order valence-corrected chi connectivity index (χ3v) is 6.49. The third kappa shape index (κ3) is 4.82. The molecule has 0 unspecified atom stereocenters. The molecule has 0 aliphatic carbocycles. The summed E-state index contributed by atoms with van der Waals surface area (Å²) in [4.78, 5) is 28.4. The molecule has 2 aromatic carbocycles. The highest BCUT2D eigenvalue weighted by Gasteiger charge is 2.24. The maximum absolute atomic E-state index is 13.2. The normalized spacial score (nSPS) is 14.1. The van der Waals surface area contributed by atoms with E-state index in [0.29, 0.717) is 26.2 Å². The number of nitriles is 1. The highest BCUT2D eigenvalue weighted by molar-refractivity contribution is 6.02. The Morgan fingerprint density at radius 2 is 1.66 bits per heavy atom. The fourth-order valence-electron chi connectivity index (χ4n) is 4.62. The van der Waals surface area contributed by atoms with Crippen LogP contribution in [0.25, 0.3) is 11.8 Å². The van der Waals surface area contributed by atoms with Crippen molar-refractivity contribution < 1.29 is 14.7 Å². The molecule has 35 heavy (non-hydrogen) atoms. The molecule has 7 heteroatoms. The summed E-state index contributed by atoms with van der Waals surface area (Å²) in [6.07, 6.45) is 1.66. The van der Waals surface area contributed by atoms with Crippen LogP contribution in [0.4, 0.5) is 5.69 Å². The van der Waals surface area contributed by atoms with Crippen molar-refractivity contribution in [3.05, 3.63) is 88.2 Å². The number of nitrogens with zero attached hydrogens (tertiary/aromatic N) is 4. The molecule has 0 radical (unpaired) electrons. The van der Waals surface area contributed by atoms with Crippen molar-refractivity contribution >= 4 is 23.6 Å². The molecule has 178 valence electrons. The first-order valence-electron chi connectivity index (χ1n) is 11.5. The molecule has 0 saturated carbocycles. The van der Waals surface area contributed by atoms with Gasteiger partial charge in [0.25, 0.3) is 5.91 Å². The monoisotopic (exact) mass is 468 g/mol. The van der Waals surface area contributed by atoms with E-state index in [1.807, 2.05) is 49.6 Å². The standard InChI is InChI=1S/C28H28N4O3/c1-19-15-22(28(34)35)9-10-26(19)32-20(2)16-23(21(32)3)17-24(18-29)27(33)31-13-11-30(12-14-31)25-7-5-4-6-8-25/h4-10,15-17H,11-14H2,1-3H3,(H,34,35)/b24-17-. The lowest BCUT2D eigenvalue weighted by Gasteiger charge is -2.36. The van der Waals surface area contributed by atoms with Crippen molar-refractivity contribution in [2.75, 3.05) is 31.1 Å². The number of rotatable bonds is 5. The Bertz CT molecular complexity index is 1340. The highest BCUT2D eigenvalue weighted by atomic mass is 16.4. The fraction of sp³-hybridized carbons (Fsp3) is 0.250. The number of hydrogen-bond acceptors (Lipinski definition) is 4. The molecule has 1 aliphatic heterocycles. The van der Waals surface area contributed by atoms with E-state index in [-0.39, 0.29) is 17.0 Å². The molecule has 3 aromatic rings. The van der Waals surface area contributed by atoms with E-state index in [0.717, 1.165) is 33.9 Å². The summed E-state index contributed by atoms with van der Waals surface area (Å²) >= 11 is 0. The number of aromatic nitrogens is 1. The first kappa shape index (κ1) is 23.8. The first-order chi connectivity index (χ1) is 16.8. The van der Waals surface area contributed by atoms with Crippen LogP contribution >= 0.6 is 0 Å². The lowest BCUT2D eigenvalue weighted by atomic mass is 10.1. The minimum atomic E-state index is -0.967. The van der Waals surface area contributed by atoms with Crippen molar-refractivity contribution in [3.63, 3.8) is 0 Å². The average Bonchev–Trinajstić information content (AvgIpc) is 3.15. The lowest BCUT2D eigenvalue weighted by molar-refractivity contribution is -0.126. The van der Waals surface area contributed by atoms with Gasteiger partial charge in [0.1, 0.15) is 11.6 Å². The van der Waals surface area contributed by atoms with Crippen LogP contribution in [-0.4, -0.2) is 52.6 Å². The summed E-state index contributed by atoms with van der Waals surface area (Å²) in [5.74, 6) is -1.22. The molecule has 1 aromatic heterocycles.